The van der Waals surface area contributed by atoms with Crippen molar-refractivity contribution in [2.45, 2.75) is 63.8 Å². The van der Waals surface area contributed by atoms with Crippen LogP contribution in [0.3, 0.4) is 0 Å². The number of ether oxygens (including phenoxy) is 1. The van der Waals surface area contributed by atoms with Gasteiger partial charge in [-0.05, 0) is 31.6 Å². The lowest BCUT2D eigenvalue weighted by molar-refractivity contribution is 0.154. The predicted molar refractivity (Wildman–Crippen MR) is 67.3 cm³/mol. The second-order valence-corrected chi connectivity index (χ2v) is 5.88. The number of nitrogens with two attached hydrogens (primary N) is 1. The molecule has 2 fully saturated rings. The molecule has 3 unspecified atom stereocenters. The molecule has 0 spiro atoms. The smallest absolute Gasteiger partial charge is 0.0512 e. The molecule has 1 saturated heterocycles. The Bertz CT molecular complexity index is 213. The van der Waals surface area contributed by atoms with E-state index < -0.39 is 0 Å². The van der Waals surface area contributed by atoms with Crippen molar-refractivity contribution in [2.75, 3.05) is 13.2 Å². The number of hydrogen-bond acceptors (Lipinski definition) is 2. The summed E-state index contributed by atoms with van der Waals surface area (Å²) in [6, 6.07) is 0. The lowest BCUT2D eigenvalue weighted by Crippen LogP contribution is -2.47. The fourth-order valence-electron chi connectivity index (χ4n) is 3.56. The molecule has 1 saturated carbocycles. The molecule has 0 bridgehead atoms. The van der Waals surface area contributed by atoms with Gasteiger partial charge in [0.1, 0.15) is 0 Å². The zero-order valence-corrected chi connectivity index (χ0v) is 10.7. The Hall–Kier alpha value is -0.0800. The van der Waals surface area contributed by atoms with Gasteiger partial charge in [-0.15, -0.1) is 0 Å². The van der Waals surface area contributed by atoms with Gasteiger partial charge in [0.2, 0.25) is 0 Å². The number of hydrogen-bond donors (Lipinski definition) is 1. The molecule has 16 heavy (non-hydrogen) atoms. The molecular weight excluding hydrogens is 198 g/mol. The molecule has 0 aromatic rings. The predicted octanol–water partition coefficient (Wildman–Crippen LogP) is 3.10. The minimum atomic E-state index is 0.0962. The van der Waals surface area contributed by atoms with Crippen molar-refractivity contribution in [1.29, 1.82) is 0 Å². The zero-order valence-electron chi connectivity index (χ0n) is 10.7. The van der Waals surface area contributed by atoms with Gasteiger partial charge in [0.15, 0.2) is 0 Å². The molecule has 1 aliphatic carbocycles. The number of rotatable bonds is 3. The average Bonchev–Trinajstić information content (AvgIpc) is 2.74. The summed E-state index contributed by atoms with van der Waals surface area (Å²) in [5, 5.41) is 0. The van der Waals surface area contributed by atoms with Crippen molar-refractivity contribution in [3.63, 3.8) is 0 Å². The zero-order chi connectivity index (χ0) is 11.4. The highest BCUT2D eigenvalue weighted by Crippen LogP contribution is 2.38. The van der Waals surface area contributed by atoms with E-state index in [2.05, 4.69) is 6.92 Å². The van der Waals surface area contributed by atoms with Crippen LogP contribution in [0, 0.1) is 11.8 Å². The summed E-state index contributed by atoms with van der Waals surface area (Å²) >= 11 is 0. The van der Waals surface area contributed by atoms with Gasteiger partial charge in [-0.2, -0.15) is 0 Å². The van der Waals surface area contributed by atoms with E-state index >= 15 is 0 Å². The SMILES string of the molecule is CCCC1CCCC(N)(C2CCOC2)CC1. The van der Waals surface area contributed by atoms with Crippen LogP contribution in [0.25, 0.3) is 0 Å². The molecule has 1 aliphatic heterocycles. The van der Waals surface area contributed by atoms with Crippen molar-refractivity contribution in [2.24, 2.45) is 17.6 Å². The molecule has 2 rings (SSSR count). The van der Waals surface area contributed by atoms with Crippen molar-refractivity contribution < 1.29 is 4.74 Å². The largest absolute Gasteiger partial charge is 0.381 e. The quantitative estimate of drug-likeness (QED) is 0.749. The van der Waals surface area contributed by atoms with Gasteiger partial charge in [-0.3, -0.25) is 0 Å². The molecule has 2 heteroatoms. The first kappa shape index (κ1) is 12.4. The fraction of sp³-hybridized carbons (Fsp3) is 1.00. The molecule has 0 amide bonds. The summed E-state index contributed by atoms with van der Waals surface area (Å²) in [7, 11) is 0. The monoisotopic (exact) mass is 225 g/mol. The Morgan fingerprint density at radius 3 is 2.81 bits per heavy atom. The Kier molecular flexibility index (Phi) is 4.26. The topological polar surface area (TPSA) is 35.2 Å². The summed E-state index contributed by atoms with van der Waals surface area (Å²) < 4.78 is 5.51. The van der Waals surface area contributed by atoms with Gasteiger partial charge in [0, 0.05) is 18.1 Å². The van der Waals surface area contributed by atoms with Crippen LogP contribution < -0.4 is 5.73 Å². The summed E-state index contributed by atoms with van der Waals surface area (Å²) in [4.78, 5) is 0. The Balaban J connectivity index is 1.90. The molecular formula is C14H27NO. The van der Waals surface area contributed by atoms with E-state index in [0.29, 0.717) is 5.92 Å². The first-order chi connectivity index (χ1) is 7.74. The maximum absolute atomic E-state index is 6.64. The van der Waals surface area contributed by atoms with Crippen LogP contribution in [0.2, 0.25) is 0 Å². The Morgan fingerprint density at radius 1 is 1.25 bits per heavy atom. The molecule has 2 N–H and O–H groups in total. The van der Waals surface area contributed by atoms with Crippen LogP contribution in [0.15, 0.2) is 0 Å². The van der Waals surface area contributed by atoms with Gasteiger partial charge in [-0.1, -0.05) is 32.6 Å². The highest BCUT2D eigenvalue weighted by atomic mass is 16.5. The van der Waals surface area contributed by atoms with E-state index in [4.69, 9.17) is 10.5 Å². The summed E-state index contributed by atoms with van der Waals surface area (Å²) in [6.07, 6.45) is 10.5. The molecule has 1 heterocycles. The van der Waals surface area contributed by atoms with Crippen molar-refractivity contribution in [3.8, 4) is 0 Å². The maximum atomic E-state index is 6.64. The average molecular weight is 225 g/mol. The van der Waals surface area contributed by atoms with E-state index in [1.807, 2.05) is 0 Å². The van der Waals surface area contributed by atoms with Crippen molar-refractivity contribution in [1.82, 2.24) is 0 Å². The third-order valence-electron chi connectivity index (χ3n) is 4.71. The van der Waals surface area contributed by atoms with Crippen LogP contribution >= 0.6 is 0 Å². The summed E-state index contributed by atoms with van der Waals surface area (Å²) in [6.45, 7) is 4.14. The lowest BCUT2D eigenvalue weighted by atomic mass is 9.78. The van der Waals surface area contributed by atoms with E-state index in [-0.39, 0.29) is 5.54 Å². The Morgan fingerprint density at radius 2 is 2.12 bits per heavy atom. The van der Waals surface area contributed by atoms with Gasteiger partial charge in [0.05, 0.1) is 6.61 Å². The maximum Gasteiger partial charge on any atom is 0.0512 e. The van der Waals surface area contributed by atoms with Crippen molar-refractivity contribution in [3.05, 3.63) is 0 Å². The fourth-order valence-corrected chi connectivity index (χ4v) is 3.56. The Labute approximate surface area is 99.9 Å². The van der Waals surface area contributed by atoms with E-state index in [1.54, 1.807) is 0 Å². The first-order valence-electron chi connectivity index (χ1n) is 7.11. The van der Waals surface area contributed by atoms with Gasteiger partial charge >= 0.3 is 0 Å². The molecule has 2 nitrogen and oxygen atoms in total. The van der Waals surface area contributed by atoms with Crippen LogP contribution in [-0.2, 0) is 4.74 Å². The molecule has 3 atom stereocenters. The minimum absolute atomic E-state index is 0.0962. The van der Waals surface area contributed by atoms with Crippen LogP contribution in [0.1, 0.15) is 58.3 Å². The molecule has 0 aromatic carbocycles. The molecule has 2 aliphatic rings. The van der Waals surface area contributed by atoms with Gasteiger partial charge in [0.25, 0.3) is 0 Å². The minimum Gasteiger partial charge on any atom is -0.381 e. The van der Waals surface area contributed by atoms with Gasteiger partial charge < -0.3 is 10.5 Å². The second-order valence-electron chi connectivity index (χ2n) is 5.88. The van der Waals surface area contributed by atoms with Crippen LogP contribution in [-0.4, -0.2) is 18.8 Å². The van der Waals surface area contributed by atoms with E-state index in [0.717, 1.165) is 19.1 Å². The van der Waals surface area contributed by atoms with Gasteiger partial charge in [-0.25, -0.2) is 0 Å². The second kappa shape index (κ2) is 5.50. The summed E-state index contributed by atoms with van der Waals surface area (Å²) in [5.74, 6) is 1.57. The molecule has 0 aromatic heterocycles. The standard InChI is InChI=1S/C14H27NO/c1-2-4-12-5-3-8-14(15,9-6-12)13-7-10-16-11-13/h12-13H,2-11,15H2,1H3. The van der Waals surface area contributed by atoms with Crippen LogP contribution in [0.5, 0.6) is 0 Å². The highest BCUT2D eigenvalue weighted by molar-refractivity contribution is 4.95. The lowest BCUT2D eigenvalue weighted by Gasteiger charge is -2.33. The van der Waals surface area contributed by atoms with E-state index in [1.165, 1.54) is 51.4 Å². The molecule has 0 radical (unpaired) electrons. The highest BCUT2D eigenvalue weighted by Gasteiger charge is 2.38. The third-order valence-corrected chi connectivity index (χ3v) is 4.71. The normalized spacial score (nSPS) is 40.9. The molecule has 94 valence electrons. The van der Waals surface area contributed by atoms with Crippen molar-refractivity contribution >= 4 is 0 Å². The third kappa shape index (κ3) is 2.78. The van der Waals surface area contributed by atoms with Crippen LogP contribution in [0.4, 0.5) is 0 Å². The van der Waals surface area contributed by atoms with E-state index in [9.17, 15) is 0 Å². The first-order valence-corrected chi connectivity index (χ1v) is 7.11. The summed E-state index contributed by atoms with van der Waals surface area (Å²) in [5.41, 5.74) is 6.74.